The van der Waals surface area contributed by atoms with E-state index in [1.54, 1.807) is 146 Å². The van der Waals surface area contributed by atoms with Crippen LogP contribution in [0.4, 0.5) is 0 Å². The standard InChI is InChI=1S/C65H59N13O10/c1-35(79)70-36-27-52(77(32-36)55(81)30-68-64(87)58-41-16-4-10-22-47(41)74-48-23-11-5-17-42(48)58)61(84)72-38-28-53(78(34-38)56(82)31-69-65(88)59-43-18-6-12-24-49(43)75-50-25-13-7-19-44(50)59)62(85)71-37-26-51(60(66)83)76(33-37)54(80)29-67-63(86)57-39-14-2-8-20-45(39)73-46-21-9-3-15-40(46)57/h2-25,36-38,51-53H,26-34H2,1H3,(H2,66,83)(H,67,86)(H,68,87)(H,69,88)(H,70,79)(H,71,85)(H,72,84)/t36-,37?,38?,51-,52-,53-/m0/s1. The highest BCUT2D eigenvalue weighted by atomic mass is 16.2. The van der Waals surface area contributed by atoms with Crippen molar-refractivity contribution < 1.29 is 47.9 Å². The molecule has 0 spiro atoms. The first kappa shape index (κ1) is 57.5. The number of nitrogens with one attached hydrogen (secondary N) is 6. The molecular weight excluding hydrogens is 1120 g/mol. The predicted molar refractivity (Wildman–Crippen MR) is 326 cm³/mol. The summed E-state index contributed by atoms with van der Waals surface area (Å²) in [6.45, 7) is -0.819. The van der Waals surface area contributed by atoms with Gasteiger partial charge in [0, 0.05) is 77.0 Å². The largest absolute Gasteiger partial charge is 0.368 e. The van der Waals surface area contributed by atoms with Crippen LogP contribution < -0.4 is 37.6 Å². The summed E-state index contributed by atoms with van der Waals surface area (Å²) in [6, 6.07) is 36.6. The van der Waals surface area contributed by atoms with Crippen molar-refractivity contribution in [2.75, 3.05) is 39.3 Å². The molecule has 0 aliphatic carbocycles. The molecule has 0 saturated carbocycles. The monoisotopic (exact) mass is 1180 g/mol. The van der Waals surface area contributed by atoms with Gasteiger partial charge in [0.1, 0.15) is 18.1 Å². The minimum Gasteiger partial charge on any atom is -0.368 e. The van der Waals surface area contributed by atoms with Crippen LogP contribution in [0.3, 0.4) is 0 Å². The number of likely N-dealkylation sites (tertiary alicyclic amines) is 3. The molecule has 6 heterocycles. The second kappa shape index (κ2) is 24.2. The molecular formula is C65H59N13O10. The Morgan fingerprint density at radius 3 is 0.909 bits per heavy atom. The highest BCUT2D eigenvalue weighted by Gasteiger charge is 2.46. The van der Waals surface area contributed by atoms with Crippen LogP contribution >= 0.6 is 0 Å². The first-order valence-electron chi connectivity index (χ1n) is 28.8. The van der Waals surface area contributed by atoms with E-state index in [4.69, 9.17) is 10.7 Å². The number of fused-ring (bicyclic) bond motifs is 6. The van der Waals surface area contributed by atoms with E-state index in [9.17, 15) is 47.9 Å². The van der Waals surface area contributed by atoms with Crippen molar-refractivity contribution in [1.82, 2.24) is 61.6 Å². The Morgan fingerprint density at radius 2 is 0.636 bits per heavy atom. The highest BCUT2D eigenvalue weighted by molar-refractivity contribution is 6.19. The van der Waals surface area contributed by atoms with Gasteiger partial charge in [-0.1, -0.05) is 109 Å². The number of para-hydroxylation sites is 6. The van der Waals surface area contributed by atoms with E-state index in [1.165, 1.54) is 21.6 Å². The van der Waals surface area contributed by atoms with E-state index in [1.807, 2.05) is 0 Å². The van der Waals surface area contributed by atoms with Gasteiger partial charge in [0.15, 0.2) is 0 Å². The molecule has 6 aromatic carbocycles. The van der Waals surface area contributed by atoms with Crippen LogP contribution in [0.5, 0.6) is 0 Å². The fraction of sp³-hybridized carbons (Fsp3) is 0.246. The number of nitrogens with two attached hydrogens (primary N) is 1. The van der Waals surface area contributed by atoms with Crippen LogP contribution in [0.15, 0.2) is 146 Å². The minimum atomic E-state index is -1.29. The number of hydrogen-bond acceptors (Lipinski definition) is 13. The van der Waals surface area contributed by atoms with Gasteiger partial charge in [-0.25, -0.2) is 15.0 Å². The summed E-state index contributed by atoms with van der Waals surface area (Å²) in [5.74, 6) is -6.26. The van der Waals surface area contributed by atoms with Crippen LogP contribution in [0, 0.1) is 0 Å². The zero-order valence-electron chi connectivity index (χ0n) is 47.5. The molecule has 23 heteroatoms. The van der Waals surface area contributed by atoms with Gasteiger partial charge in [0.05, 0.1) is 69.4 Å². The van der Waals surface area contributed by atoms with Crippen molar-refractivity contribution in [2.24, 2.45) is 5.73 Å². The molecule has 444 valence electrons. The third-order valence-corrected chi connectivity index (χ3v) is 16.5. The Hall–Kier alpha value is -11.0. The molecule has 3 aliphatic heterocycles. The molecule has 12 rings (SSSR count). The van der Waals surface area contributed by atoms with Crippen LogP contribution in [0.2, 0.25) is 0 Å². The number of pyridine rings is 3. The summed E-state index contributed by atoms with van der Waals surface area (Å²) >= 11 is 0. The summed E-state index contributed by atoms with van der Waals surface area (Å²) in [6.07, 6.45) is -0.272. The van der Waals surface area contributed by atoms with Gasteiger partial charge in [0.2, 0.25) is 41.4 Å². The molecule has 9 aromatic rings. The topological polar surface area (TPSA) is 317 Å². The average molecular weight is 1180 g/mol. The van der Waals surface area contributed by atoms with Gasteiger partial charge in [0.25, 0.3) is 17.7 Å². The molecule has 88 heavy (non-hydrogen) atoms. The van der Waals surface area contributed by atoms with Gasteiger partial charge in [-0.15, -0.1) is 0 Å². The molecule has 3 fully saturated rings. The minimum absolute atomic E-state index is 0.00637. The zero-order valence-corrected chi connectivity index (χ0v) is 47.5. The first-order chi connectivity index (χ1) is 42.6. The summed E-state index contributed by atoms with van der Waals surface area (Å²) in [4.78, 5) is 158. The average Bonchev–Trinajstić information content (AvgIpc) is 1.53. The number of rotatable bonds is 15. The van der Waals surface area contributed by atoms with Gasteiger partial charge < -0.3 is 52.3 Å². The van der Waals surface area contributed by atoms with Gasteiger partial charge in [-0.05, 0) is 55.7 Å². The van der Waals surface area contributed by atoms with Crippen LogP contribution in [-0.4, -0.2) is 164 Å². The lowest BCUT2D eigenvalue weighted by Gasteiger charge is -2.26. The number of aromatic nitrogens is 3. The second-order valence-corrected chi connectivity index (χ2v) is 22.2. The lowest BCUT2D eigenvalue weighted by atomic mass is 10.0. The van der Waals surface area contributed by atoms with E-state index in [2.05, 4.69) is 41.9 Å². The molecule has 23 nitrogen and oxygen atoms in total. The number of primary amides is 1. The maximum atomic E-state index is 14.7. The number of hydrogen-bond donors (Lipinski definition) is 7. The van der Waals surface area contributed by atoms with Crippen LogP contribution in [0.25, 0.3) is 65.4 Å². The molecule has 0 radical (unpaired) electrons. The molecule has 0 bridgehead atoms. The van der Waals surface area contributed by atoms with Crippen molar-refractivity contribution in [3.05, 3.63) is 162 Å². The van der Waals surface area contributed by atoms with E-state index in [0.717, 1.165) is 0 Å². The van der Waals surface area contributed by atoms with Gasteiger partial charge in [-0.2, -0.15) is 0 Å². The Morgan fingerprint density at radius 1 is 0.386 bits per heavy atom. The van der Waals surface area contributed by atoms with Crippen LogP contribution in [-0.2, 0) is 33.6 Å². The Labute approximate surface area is 501 Å². The van der Waals surface area contributed by atoms with E-state index in [0.29, 0.717) is 76.5 Å². The van der Waals surface area contributed by atoms with Crippen molar-refractivity contribution in [3.8, 4) is 0 Å². The molecule has 3 aromatic heterocycles. The predicted octanol–water partition coefficient (Wildman–Crippen LogP) is 3.14. The fourth-order valence-corrected chi connectivity index (χ4v) is 12.6. The molecule has 8 N–H and O–H groups in total. The normalized spacial score (nSPS) is 19.0. The molecule has 3 aliphatic rings. The SMILES string of the molecule is CC(=O)N[C@H]1C[C@@H](C(=O)NC2C[C@@H](C(=O)NC3C[C@@H](C(N)=O)N(C(=O)CNC(=O)c4c5ccccc5nc5ccccc45)C3)N(C(=O)CNC(=O)c3c4ccccc4nc4ccccc34)C2)N(C(=O)CNC(=O)c2c3ccccc3nc3ccccc23)C1. The van der Waals surface area contributed by atoms with Crippen LogP contribution in [0.1, 0.15) is 57.3 Å². The number of nitrogens with zero attached hydrogens (tertiary/aromatic N) is 6. The summed E-state index contributed by atoms with van der Waals surface area (Å²) in [5, 5.41) is 20.2. The third-order valence-electron chi connectivity index (χ3n) is 16.5. The van der Waals surface area contributed by atoms with Crippen molar-refractivity contribution >= 4 is 124 Å². The maximum Gasteiger partial charge on any atom is 0.253 e. The smallest absolute Gasteiger partial charge is 0.253 e. The zero-order chi connectivity index (χ0) is 61.3. The summed E-state index contributed by atoms with van der Waals surface area (Å²) < 4.78 is 0. The summed E-state index contributed by atoms with van der Waals surface area (Å²) in [7, 11) is 0. The number of carbonyl (C=O) groups is 10. The Bertz CT molecular complexity index is 4240. The van der Waals surface area contributed by atoms with E-state index >= 15 is 0 Å². The Kier molecular flexibility index (Phi) is 15.8. The molecule has 3 saturated heterocycles. The summed E-state index contributed by atoms with van der Waals surface area (Å²) in [5.41, 5.74) is 10.2. The van der Waals surface area contributed by atoms with Gasteiger partial charge >= 0.3 is 0 Å². The number of benzene rings is 6. The second-order valence-electron chi connectivity index (χ2n) is 22.2. The lowest BCUT2D eigenvalue weighted by molar-refractivity contribution is -0.138. The van der Waals surface area contributed by atoms with Crippen molar-refractivity contribution in [1.29, 1.82) is 0 Å². The van der Waals surface area contributed by atoms with E-state index in [-0.39, 0.29) is 44.5 Å². The van der Waals surface area contributed by atoms with E-state index < -0.39 is 115 Å². The highest BCUT2D eigenvalue weighted by Crippen LogP contribution is 2.30. The quantitative estimate of drug-likeness (QED) is 0.0727. The van der Waals surface area contributed by atoms with Crippen molar-refractivity contribution in [2.45, 2.75) is 62.4 Å². The first-order valence-corrected chi connectivity index (χ1v) is 28.8. The maximum absolute atomic E-state index is 14.7. The number of carbonyl (C=O) groups excluding carboxylic acids is 10. The van der Waals surface area contributed by atoms with Gasteiger partial charge in [-0.3, -0.25) is 47.9 Å². The number of amides is 10. The Balaban J connectivity index is 0.762. The van der Waals surface area contributed by atoms with Crippen molar-refractivity contribution in [3.63, 3.8) is 0 Å². The molecule has 6 atom stereocenters. The third kappa shape index (κ3) is 11.4. The lowest BCUT2D eigenvalue weighted by Crippen LogP contribution is -2.52. The molecule has 2 unspecified atom stereocenters. The molecule has 10 amide bonds. The fourth-order valence-electron chi connectivity index (χ4n) is 12.6.